The molecule has 1 aromatic rings. The van der Waals surface area contributed by atoms with Crippen LogP contribution in [0.3, 0.4) is 0 Å². The molecule has 0 aliphatic carbocycles. The Morgan fingerprint density at radius 3 is 2.95 bits per heavy atom. The molecule has 1 aromatic carbocycles. The maximum Gasteiger partial charge on any atom is 0.221 e. The predicted octanol–water partition coefficient (Wildman–Crippen LogP) is 1.01. The Bertz CT molecular complexity index is 514. The lowest BCUT2D eigenvalue weighted by Gasteiger charge is -2.18. The molecule has 1 saturated heterocycles. The van der Waals surface area contributed by atoms with E-state index in [9.17, 15) is 9.59 Å². The molecule has 1 fully saturated rings. The highest BCUT2D eigenvalue weighted by molar-refractivity contribution is 6.00. The first-order valence-electron chi connectivity index (χ1n) is 6.77. The molecule has 1 amide bonds. The van der Waals surface area contributed by atoms with Crippen LogP contribution < -0.4 is 10.1 Å². The zero-order valence-corrected chi connectivity index (χ0v) is 11.9. The van der Waals surface area contributed by atoms with Crippen molar-refractivity contribution in [3.8, 4) is 5.75 Å². The zero-order chi connectivity index (χ0) is 14.5. The Morgan fingerprint density at radius 1 is 1.40 bits per heavy atom. The summed E-state index contributed by atoms with van der Waals surface area (Å²) in [6.07, 6.45) is 0.443. The van der Waals surface area contributed by atoms with Gasteiger partial charge in [-0.05, 0) is 24.6 Å². The molecular weight excluding hydrogens is 256 g/mol. The number of carbonyl (C=O) groups is 2. The molecular formula is C15H20N2O3. The molecule has 1 N–H and O–H groups in total. The molecule has 5 heteroatoms. The van der Waals surface area contributed by atoms with Gasteiger partial charge in [-0.3, -0.25) is 14.5 Å². The van der Waals surface area contributed by atoms with E-state index in [1.165, 1.54) is 0 Å². The molecule has 1 aliphatic heterocycles. The Hall–Kier alpha value is -1.88. The summed E-state index contributed by atoms with van der Waals surface area (Å²) >= 11 is 0. The van der Waals surface area contributed by atoms with E-state index in [1.54, 1.807) is 13.2 Å². The second-order valence-electron chi connectivity index (χ2n) is 5.00. The summed E-state index contributed by atoms with van der Waals surface area (Å²) in [5.41, 5.74) is 1.66. The van der Waals surface area contributed by atoms with Crippen molar-refractivity contribution >= 4 is 11.7 Å². The average Bonchev–Trinajstić information content (AvgIpc) is 2.63. The van der Waals surface area contributed by atoms with E-state index in [0.29, 0.717) is 43.9 Å². The van der Waals surface area contributed by atoms with Crippen LogP contribution in [-0.4, -0.2) is 49.9 Å². The molecule has 0 spiro atoms. The van der Waals surface area contributed by atoms with Crippen molar-refractivity contribution in [3.05, 3.63) is 29.3 Å². The van der Waals surface area contributed by atoms with Gasteiger partial charge in [-0.15, -0.1) is 0 Å². The fraction of sp³-hybridized carbons (Fsp3) is 0.467. The van der Waals surface area contributed by atoms with E-state index >= 15 is 0 Å². The normalized spacial score (nSPS) is 16.4. The monoisotopic (exact) mass is 276 g/mol. The van der Waals surface area contributed by atoms with Gasteiger partial charge in [0.2, 0.25) is 5.91 Å². The molecule has 0 bridgehead atoms. The number of aryl methyl sites for hydroxylation is 1. The van der Waals surface area contributed by atoms with Crippen molar-refractivity contribution in [2.24, 2.45) is 0 Å². The summed E-state index contributed by atoms with van der Waals surface area (Å²) in [5.74, 6) is 0.683. The fourth-order valence-corrected chi connectivity index (χ4v) is 2.29. The number of amides is 1. The Balaban J connectivity index is 2.06. The number of carbonyl (C=O) groups excluding carboxylic acids is 2. The van der Waals surface area contributed by atoms with Crippen LogP contribution in [0.1, 0.15) is 22.3 Å². The second-order valence-corrected chi connectivity index (χ2v) is 5.00. The lowest BCUT2D eigenvalue weighted by Crippen LogP contribution is -2.33. The van der Waals surface area contributed by atoms with E-state index < -0.39 is 0 Å². The largest absolute Gasteiger partial charge is 0.496 e. The van der Waals surface area contributed by atoms with Gasteiger partial charge >= 0.3 is 0 Å². The summed E-state index contributed by atoms with van der Waals surface area (Å²) in [6, 6.07) is 5.57. The number of Topliss-reactive ketones (excluding diaryl/α,β-unsaturated/α-hetero) is 1. The first-order valence-corrected chi connectivity index (χ1v) is 6.77. The third-order valence-corrected chi connectivity index (χ3v) is 3.43. The third kappa shape index (κ3) is 3.57. The highest BCUT2D eigenvalue weighted by atomic mass is 16.5. The van der Waals surface area contributed by atoms with Crippen molar-refractivity contribution in [3.63, 3.8) is 0 Å². The lowest BCUT2D eigenvalue weighted by atomic mass is 10.1. The lowest BCUT2D eigenvalue weighted by molar-refractivity contribution is -0.120. The Labute approximate surface area is 118 Å². The summed E-state index contributed by atoms with van der Waals surface area (Å²) in [6.45, 7) is 4.19. The van der Waals surface area contributed by atoms with Gasteiger partial charge in [0.25, 0.3) is 0 Å². The number of rotatable bonds is 4. The minimum Gasteiger partial charge on any atom is -0.496 e. The number of ether oxygens (including phenoxy) is 1. The minimum atomic E-state index is 0.0243. The quantitative estimate of drug-likeness (QED) is 0.834. The van der Waals surface area contributed by atoms with Crippen LogP contribution in [0, 0.1) is 6.92 Å². The van der Waals surface area contributed by atoms with Gasteiger partial charge in [0.1, 0.15) is 5.75 Å². The fourth-order valence-electron chi connectivity index (χ4n) is 2.29. The smallest absolute Gasteiger partial charge is 0.221 e. The molecule has 0 atom stereocenters. The van der Waals surface area contributed by atoms with E-state index in [0.717, 1.165) is 5.56 Å². The van der Waals surface area contributed by atoms with E-state index in [1.807, 2.05) is 24.0 Å². The topological polar surface area (TPSA) is 58.6 Å². The number of nitrogens with one attached hydrogen (secondary N) is 1. The molecule has 20 heavy (non-hydrogen) atoms. The maximum absolute atomic E-state index is 12.4. The van der Waals surface area contributed by atoms with Gasteiger partial charge in [0.15, 0.2) is 5.78 Å². The number of nitrogens with zero attached hydrogens (tertiary/aromatic N) is 1. The SMILES string of the molecule is COc1cc(C)ccc1C(=O)CN1CCNC(=O)CC1. The van der Waals surface area contributed by atoms with Crippen LogP contribution >= 0.6 is 0 Å². The summed E-state index contributed by atoms with van der Waals surface area (Å²) in [5, 5.41) is 2.80. The molecule has 0 radical (unpaired) electrons. The Morgan fingerprint density at radius 2 is 2.20 bits per heavy atom. The van der Waals surface area contributed by atoms with Crippen LogP contribution in [0.15, 0.2) is 18.2 Å². The minimum absolute atomic E-state index is 0.0243. The first-order chi connectivity index (χ1) is 9.60. The summed E-state index contributed by atoms with van der Waals surface area (Å²) < 4.78 is 5.27. The highest BCUT2D eigenvalue weighted by Gasteiger charge is 2.19. The zero-order valence-electron chi connectivity index (χ0n) is 11.9. The molecule has 2 rings (SSSR count). The number of hydrogen-bond donors (Lipinski definition) is 1. The predicted molar refractivity (Wildman–Crippen MR) is 76.1 cm³/mol. The van der Waals surface area contributed by atoms with Crippen molar-refractivity contribution in [2.45, 2.75) is 13.3 Å². The van der Waals surface area contributed by atoms with Crippen molar-refractivity contribution < 1.29 is 14.3 Å². The number of hydrogen-bond acceptors (Lipinski definition) is 4. The second kappa shape index (κ2) is 6.52. The van der Waals surface area contributed by atoms with Gasteiger partial charge in [-0.2, -0.15) is 0 Å². The van der Waals surface area contributed by atoms with E-state index in [2.05, 4.69) is 5.32 Å². The first kappa shape index (κ1) is 14.5. The number of benzene rings is 1. The van der Waals surface area contributed by atoms with Crippen molar-refractivity contribution in [1.82, 2.24) is 10.2 Å². The third-order valence-electron chi connectivity index (χ3n) is 3.43. The van der Waals surface area contributed by atoms with Gasteiger partial charge in [0.05, 0.1) is 19.2 Å². The van der Waals surface area contributed by atoms with Crippen LogP contribution in [-0.2, 0) is 4.79 Å². The molecule has 0 saturated carbocycles. The maximum atomic E-state index is 12.4. The standard InChI is InChI=1S/C15H20N2O3/c1-11-3-4-12(14(9-11)20-2)13(18)10-17-7-5-15(19)16-6-8-17/h3-4,9H,5-8,10H2,1-2H3,(H,16,19). The average molecular weight is 276 g/mol. The van der Waals surface area contributed by atoms with Crippen molar-refractivity contribution in [2.75, 3.05) is 33.3 Å². The summed E-state index contributed by atoms with van der Waals surface area (Å²) in [4.78, 5) is 25.6. The summed E-state index contributed by atoms with van der Waals surface area (Å²) in [7, 11) is 1.57. The highest BCUT2D eigenvalue weighted by Crippen LogP contribution is 2.20. The van der Waals surface area contributed by atoms with Crippen LogP contribution in [0.5, 0.6) is 5.75 Å². The molecule has 0 aromatic heterocycles. The van der Waals surface area contributed by atoms with Crippen LogP contribution in [0.4, 0.5) is 0 Å². The molecule has 1 aliphatic rings. The van der Waals surface area contributed by atoms with Crippen molar-refractivity contribution in [1.29, 1.82) is 0 Å². The van der Waals surface area contributed by atoms with Gasteiger partial charge < -0.3 is 10.1 Å². The molecule has 1 heterocycles. The molecule has 108 valence electrons. The van der Waals surface area contributed by atoms with Gasteiger partial charge in [0, 0.05) is 26.1 Å². The van der Waals surface area contributed by atoms with E-state index in [4.69, 9.17) is 4.74 Å². The van der Waals surface area contributed by atoms with Gasteiger partial charge in [-0.1, -0.05) is 6.07 Å². The number of ketones is 1. The van der Waals surface area contributed by atoms with Crippen LogP contribution in [0.2, 0.25) is 0 Å². The van der Waals surface area contributed by atoms with Crippen LogP contribution in [0.25, 0.3) is 0 Å². The molecule has 5 nitrogen and oxygen atoms in total. The Kier molecular flexibility index (Phi) is 4.74. The van der Waals surface area contributed by atoms with E-state index in [-0.39, 0.29) is 11.7 Å². The molecule has 0 unspecified atom stereocenters. The number of methoxy groups -OCH3 is 1. The van der Waals surface area contributed by atoms with Gasteiger partial charge in [-0.25, -0.2) is 0 Å².